The maximum atomic E-state index is 14.4. The molecule has 16 heteroatoms. The average molecular weight is 740 g/mol. The van der Waals surface area contributed by atoms with Crippen molar-refractivity contribution in [2.75, 3.05) is 63.8 Å². The topological polar surface area (TPSA) is 136 Å². The zero-order valence-electron chi connectivity index (χ0n) is 30.5. The number of fused-ring (bicyclic) bond motifs is 2. The molecule has 282 valence electrons. The number of rotatable bonds is 11. The summed E-state index contributed by atoms with van der Waals surface area (Å²) in [6.45, 7) is 17.5. The summed E-state index contributed by atoms with van der Waals surface area (Å²) in [4.78, 5) is 38.3. The van der Waals surface area contributed by atoms with Gasteiger partial charge in [0.15, 0.2) is 5.82 Å². The van der Waals surface area contributed by atoms with E-state index >= 15 is 0 Å². The minimum atomic E-state index is -3.57. The minimum Gasteiger partial charge on any atom is -0.434 e. The zero-order chi connectivity index (χ0) is 36.9. The highest BCUT2D eigenvalue weighted by Crippen LogP contribution is 2.43. The summed E-state index contributed by atoms with van der Waals surface area (Å²) in [5, 5.41) is 8.17. The van der Waals surface area contributed by atoms with Crippen molar-refractivity contribution < 1.29 is 27.1 Å². The molecule has 5 aliphatic rings. The molecule has 3 atom stereocenters. The molecule has 2 amide bonds. The number of ether oxygens (including phenoxy) is 1. The van der Waals surface area contributed by atoms with Crippen molar-refractivity contribution in [2.24, 2.45) is 11.3 Å². The van der Waals surface area contributed by atoms with Crippen LogP contribution in [-0.2, 0) is 15.0 Å². The molecule has 1 aromatic carbocycles. The lowest BCUT2D eigenvalue weighted by Gasteiger charge is -2.54. The molecule has 0 radical (unpaired) electrons. The van der Waals surface area contributed by atoms with Crippen LogP contribution in [0.3, 0.4) is 0 Å². The molecule has 0 N–H and O–H groups in total. The first-order chi connectivity index (χ1) is 24.8. The summed E-state index contributed by atoms with van der Waals surface area (Å²) in [5.41, 5.74) is 0.258. The lowest BCUT2D eigenvalue weighted by atomic mass is 9.72. The molecule has 14 nitrogen and oxygen atoms in total. The second-order valence-electron chi connectivity index (χ2n) is 15.7. The molecule has 2 aromatic rings. The van der Waals surface area contributed by atoms with Gasteiger partial charge in [0.05, 0.1) is 5.56 Å². The highest BCUT2D eigenvalue weighted by Gasteiger charge is 2.53. The van der Waals surface area contributed by atoms with Crippen molar-refractivity contribution in [1.82, 2.24) is 38.5 Å². The van der Waals surface area contributed by atoms with Crippen LogP contribution in [0.4, 0.5) is 10.2 Å². The predicted octanol–water partition coefficient (Wildman–Crippen LogP) is 3.00. The molecule has 0 saturated carbocycles. The fourth-order valence-electron chi connectivity index (χ4n) is 9.14. The van der Waals surface area contributed by atoms with Crippen LogP contribution in [0.5, 0.6) is 11.6 Å². The van der Waals surface area contributed by atoms with Crippen molar-refractivity contribution in [3.8, 4) is 11.6 Å². The SMILES string of the molecule is C=CC(=O)N1C[C@@H]2C[C@H]1CN2S(=O)(=O)N1CCC2(CC1)CN(C[C@@H]1CCN(c3ncnnc3Oc3ccc(F)cc3C(=O)N(C(C)C)C(C)C)C1)C2. The van der Waals surface area contributed by atoms with Crippen LogP contribution in [0.15, 0.2) is 37.2 Å². The molecule has 0 unspecified atom stereocenters. The van der Waals surface area contributed by atoms with Crippen molar-refractivity contribution in [3.05, 3.63) is 48.6 Å². The highest BCUT2D eigenvalue weighted by molar-refractivity contribution is 7.86. The largest absolute Gasteiger partial charge is 0.434 e. The van der Waals surface area contributed by atoms with Crippen LogP contribution in [0.25, 0.3) is 0 Å². The fraction of sp³-hybridized carbons (Fsp3) is 0.639. The van der Waals surface area contributed by atoms with Crippen LogP contribution in [0.2, 0.25) is 0 Å². The molecule has 1 spiro atoms. The van der Waals surface area contributed by atoms with E-state index in [2.05, 4.69) is 31.6 Å². The van der Waals surface area contributed by atoms with E-state index in [0.717, 1.165) is 52.0 Å². The molecule has 1 aromatic heterocycles. The molecule has 7 rings (SSSR count). The minimum absolute atomic E-state index is 0.0678. The second kappa shape index (κ2) is 14.3. The van der Waals surface area contributed by atoms with E-state index in [1.807, 2.05) is 27.7 Å². The molecule has 52 heavy (non-hydrogen) atoms. The molecule has 2 bridgehead atoms. The maximum absolute atomic E-state index is 14.4. The Kier molecular flexibility index (Phi) is 10.0. The number of carbonyl (C=O) groups excluding carboxylic acids is 2. The predicted molar refractivity (Wildman–Crippen MR) is 192 cm³/mol. The van der Waals surface area contributed by atoms with Crippen LogP contribution >= 0.6 is 0 Å². The number of likely N-dealkylation sites (tertiary alicyclic amines) is 2. The molecule has 0 aliphatic carbocycles. The average Bonchev–Trinajstić information content (AvgIpc) is 3.85. The number of hydrogen-bond acceptors (Lipinski definition) is 10. The number of amides is 2. The molecule has 5 aliphatic heterocycles. The van der Waals surface area contributed by atoms with Gasteiger partial charge in [-0.25, -0.2) is 9.37 Å². The summed E-state index contributed by atoms with van der Waals surface area (Å²) in [6, 6.07) is 3.50. The molecular weight excluding hydrogens is 690 g/mol. The van der Waals surface area contributed by atoms with E-state index in [-0.39, 0.29) is 58.6 Å². The van der Waals surface area contributed by atoms with Gasteiger partial charge in [-0.05, 0) is 89.0 Å². The van der Waals surface area contributed by atoms with Gasteiger partial charge in [0.25, 0.3) is 22.0 Å². The summed E-state index contributed by atoms with van der Waals surface area (Å²) in [6.07, 6.45) is 6.03. The van der Waals surface area contributed by atoms with E-state index in [0.29, 0.717) is 44.3 Å². The van der Waals surface area contributed by atoms with Gasteiger partial charge in [-0.15, -0.1) is 10.2 Å². The first-order valence-electron chi connectivity index (χ1n) is 18.4. The number of benzene rings is 1. The van der Waals surface area contributed by atoms with Gasteiger partial charge < -0.3 is 24.3 Å². The van der Waals surface area contributed by atoms with Gasteiger partial charge in [0.2, 0.25) is 5.91 Å². The van der Waals surface area contributed by atoms with Crippen molar-refractivity contribution in [2.45, 2.75) is 77.5 Å². The number of anilines is 1. The standard InChI is InChI=1S/C36H50FN9O5S/c1-6-32(47)44-19-29-16-28(44)20-45(29)52(49,50)43-13-10-36(11-14-43)21-41(22-36)17-26-9-12-42(18-26)33-34(40-39-23-38-33)51-31-8-7-27(37)15-30(31)35(48)46(24(2)3)25(4)5/h6-8,15,23-26,28-29H,1,9-14,16-22H2,2-5H3/t26-,28-,29-/m0/s1. The number of piperazine rings is 1. The summed E-state index contributed by atoms with van der Waals surface area (Å²) in [7, 11) is -3.57. The van der Waals surface area contributed by atoms with Gasteiger partial charge >= 0.3 is 0 Å². The monoisotopic (exact) mass is 739 g/mol. The molecular formula is C36H50FN9O5S. The van der Waals surface area contributed by atoms with Crippen molar-refractivity contribution in [3.63, 3.8) is 0 Å². The number of halogens is 1. The van der Waals surface area contributed by atoms with Gasteiger partial charge in [0.1, 0.15) is 17.9 Å². The summed E-state index contributed by atoms with van der Waals surface area (Å²) < 4.78 is 51.1. The van der Waals surface area contributed by atoms with Crippen LogP contribution in [0, 0.1) is 17.2 Å². The molecule has 6 heterocycles. The molecule has 5 fully saturated rings. The third kappa shape index (κ3) is 6.90. The van der Waals surface area contributed by atoms with E-state index in [1.165, 1.54) is 30.6 Å². The Labute approximate surface area is 305 Å². The molecule has 5 saturated heterocycles. The smallest absolute Gasteiger partial charge is 0.282 e. The van der Waals surface area contributed by atoms with Gasteiger partial charge in [-0.3, -0.25) is 9.59 Å². The van der Waals surface area contributed by atoms with Crippen molar-refractivity contribution in [1.29, 1.82) is 0 Å². The van der Waals surface area contributed by atoms with E-state index in [9.17, 15) is 22.4 Å². The Morgan fingerprint density at radius 1 is 1.08 bits per heavy atom. The normalized spacial score (nSPS) is 24.9. The first kappa shape index (κ1) is 36.6. The Morgan fingerprint density at radius 2 is 1.81 bits per heavy atom. The van der Waals surface area contributed by atoms with Crippen molar-refractivity contribution >= 4 is 27.8 Å². The fourth-order valence-corrected chi connectivity index (χ4v) is 11.0. The lowest BCUT2D eigenvalue weighted by Crippen LogP contribution is -2.62. The zero-order valence-corrected chi connectivity index (χ0v) is 31.3. The summed E-state index contributed by atoms with van der Waals surface area (Å²) in [5.74, 6) is 0.304. The first-order valence-corrected chi connectivity index (χ1v) is 19.8. The second-order valence-corrected chi connectivity index (χ2v) is 17.6. The Bertz CT molecular complexity index is 1790. The maximum Gasteiger partial charge on any atom is 0.282 e. The number of hydrogen-bond donors (Lipinski definition) is 0. The number of piperidine rings is 1. The highest BCUT2D eigenvalue weighted by atomic mass is 32.2. The van der Waals surface area contributed by atoms with Gasteiger partial charge in [-0.1, -0.05) is 6.58 Å². The Hall–Kier alpha value is -3.73. The lowest BCUT2D eigenvalue weighted by molar-refractivity contribution is -0.127. The number of aromatic nitrogens is 3. The van der Waals surface area contributed by atoms with Gasteiger partial charge in [-0.2, -0.15) is 17.0 Å². The third-order valence-corrected chi connectivity index (χ3v) is 13.6. The Morgan fingerprint density at radius 3 is 2.46 bits per heavy atom. The van der Waals surface area contributed by atoms with Crippen LogP contribution < -0.4 is 9.64 Å². The van der Waals surface area contributed by atoms with Crippen LogP contribution in [-0.4, -0.2) is 142 Å². The third-order valence-electron chi connectivity index (χ3n) is 11.6. The van der Waals surface area contributed by atoms with Crippen LogP contribution in [0.1, 0.15) is 63.7 Å². The summed E-state index contributed by atoms with van der Waals surface area (Å²) >= 11 is 0. The Balaban J connectivity index is 0.922. The van der Waals surface area contributed by atoms with E-state index in [1.54, 1.807) is 18.4 Å². The number of carbonyl (C=O) groups is 2. The van der Waals surface area contributed by atoms with E-state index < -0.39 is 16.0 Å². The number of nitrogens with zero attached hydrogens (tertiary/aromatic N) is 9. The van der Waals surface area contributed by atoms with E-state index in [4.69, 9.17) is 4.74 Å². The quantitative estimate of drug-likeness (QED) is 0.317. The van der Waals surface area contributed by atoms with Gasteiger partial charge in [0, 0.05) is 83.1 Å².